The quantitative estimate of drug-likeness (QED) is 0.842. The molecule has 18 heavy (non-hydrogen) atoms. The molecule has 2 aromatic rings. The van der Waals surface area contributed by atoms with Crippen LogP contribution in [0.15, 0.2) is 27.4 Å². The third-order valence-corrected chi connectivity index (χ3v) is 3.14. The van der Waals surface area contributed by atoms with Crippen molar-refractivity contribution in [2.75, 3.05) is 0 Å². The van der Waals surface area contributed by atoms with Gasteiger partial charge in [-0.05, 0) is 24.1 Å². The van der Waals surface area contributed by atoms with E-state index in [1.807, 2.05) is 0 Å². The number of benzene rings is 1. The van der Waals surface area contributed by atoms with Crippen LogP contribution in [0.5, 0.6) is 0 Å². The van der Waals surface area contributed by atoms with Crippen LogP contribution in [0.1, 0.15) is 18.9 Å². The molecule has 1 unspecified atom stereocenters. The van der Waals surface area contributed by atoms with Crippen LogP contribution in [-0.4, -0.2) is 20.7 Å². The normalized spacial score (nSPS) is 14.6. The van der Waals surface area contributed by atoms with Gasteiger partial charge in [0.25, 0.3) is 0 Å². The van der Waals surface area contributed by atoms with Gasteiger partial charge in [-0.15, -0.1) is 0 Å². The second-order valence-corrected chi connectivity index (χ2v) is 4.13. The Morgan fingerprint density at radius 3 is 2.72 bits per heavy atom. The van der Waals surface area contributed by atoms with Crippen LogP contribution in [0, 0.1) is 0 Å². The van der Waals surface area contributed by atoms with Crippen LogP contribution in [0.25, 0.3) is 11.1 Å². The average molecular weight is 251 g/mol. The molecular weight excluding hydrogens is 238 g/mol. The number of aliphatic hydroxyl groups is 1. The fourth-order valence-electron chi connectivity index (χ4n) is 1.87. The van der Waals surface area contributed by atoms with E-state index in [2.05, 4.69) is 0 Å². The van der Waals surface area contributed by atoms with Crippen molar-refractivity contribution in [3.8, 4) is 0 Å². The smallest absolute Gasteiger partial charge is 0.419 e. The van der Waals surface area contributed by atoms with E-state index in [4.69, 9.17) is 9.52 Å². The van der Waals surface area contributed by atoms with Gasteiger partial charge in [-0.25, -0.2) is 9.59 Å². The van der Waals surface area contributed by atoms with E-state index in [1.54, 1.807) is 20.0 Å². The number of aryl methyl sites for hydroxylation is 1. The Hall–Kier alpha value is -2.08. The van der Waals surface area contributed by atoms with E-state index >= 15 is 0 Å². The van der Waals surface area contributed by atoms with Gasteiger partial charge >= 0.3 is 11.7 Å². The highest BCUT2D eigenvalue weighted by Crippen LogP contribution is 2.27. The molecule has 0 saturated heterocycles. The van der Waals surface area contributed by atoms with E-state index in [9.17, 15) is 14.7 Å². The maximum Gasteiger partial charge on any atom is 0.419 e. The third kappa shape index (κ3) is 1.62. The van der Waals surface area contributed by atoms with Crippen molar-refractivity contribution in [1.82, 2.24) is 4.57 Å². The Morgan fingerprint density at radius 1 is 1.50 bits per heavy atom. The van der Waals surface area contributed by atoms with Gasteiger partial charge in [-0.1, -0.05) is 13.0 Å². The fraction of sp³-hybridized carbons (Fsp3) is 0.333. The number of carboxylic acid groups (broad SMARTS) is 1. The predicted octanol–water partition coefficient (Wildman–Crippen LogP) is 0.814. The summed E-state index contributed by atoms with van der Waals surface area (Å²) < 4.78 is 6.27. The highest BCUT2D eigenvalue weighted by molar-refractivity contribution is 5.82. The summed E-state index contributed by atoms with van der Waals surface area (Å²) in [5.41, 5.74) is -0.970. The summed E-state index contributed by atoms with van der Waals surface area (Å²) in [5.74, 6) is -1.86. The molecule has 1 heterocycles. The first-order chi connectivity index (χ1) is 8.40. The molecule has 1 aromatic heterocycles. The molecule has 6 nitrogen and oxygen atoms in total. The molecule has 1 aromatic carbocycles. The lowest BCUT2D eigenvalue weighted by Gasteiger charge is -2.21. The number of rotatable bonds is 3. The third-order valence-electron chi connectivity index (χ3n) is 3.14. The van der Waals surface area contributed by atoms with Crippen LogP contribution in [0.2, 0.25) is 0 Å². The summed E-state index contributed by atoms with van der Waals surface area (Å²) in [6.07, 6.45) is 0.0188. The van der Waals surface area contributed by atoms with Crippen molar-refractivity contribution in [2.24, 2.45) is 7.05 Å². The number of carboxylic acids is 1. The lowest BCUT2D eigenvalue weighted by atomic mass is 9.91. The average Bonchev–Trinajstić information content (AvgIpc) is 2.63. The van der Waals surface area contributed by atoms with Crippen molar-refractivity contribution < 1.29 is 19.4 Å². The molecule has 2 N–H and O–H groups in total. The molecule has 0 fully saturated rings. The maximum atomic E-state index is 11.3. The Labute approximate surface area is 102 Å². The zero-order valence-electron chi connectivity index (χ0n) is 10.0. The van der Waals surface area contributed by atoms with Crippen LogP contribution in [0.4, 0.5) is 0 Å². The Balaban J connectivity index is 2.67. The van der Waals surface area contributed by atoms with Crippen molar-refractivity contribution in [3.05, 3.63) is 34.3 Å². The van der Waals surface area contributed by atoms with E-state index in [0.29, 0.717) is 5.52 Å². The highest BCUT2D eigenvalue weighted by Gasteiger charge is 2.36. The second kappa shape index (κ2) is 3.99. The lowest BCUT2D eigenvalue weighted by molar-refractivity contribution is -0.160. The Bertz CT molecular complexity index is 669. The van der Waals surface area contributed by atoms with E-state index in [-0.39, 0.29) is 17.6 Å². The molecule has 0 bridgehead atoms. The molecular formula is C12H13NO5. The molecule has 0 amide bonds. The summed E-state index contributed by atoms with van der Waals surface area (Å²) in [6, 6.07) is 4.42. The van der Waals surface area contributed by atoms with Crippen molar-refractivity contribution in [2.45, 2.75) is 18.9 Å². The monoisotopic (exact) mass is 251 g/mol. The van der Waals surface area contributed by atoms with Gasteiger partial charge < -0.3 is 14.6 Å². The van der Waals surface area contributed by atoms with E-state index < -0.39 is 17.3 Å². The first-order valence-corrected chi connectivity index (χ1v) is 5.46. The number of nitrogens with zero attached hydrogens (tertiary/aromatic N) is 1. The largest absolute Gasteiger partial charge is 0.479 e. The molecule has 0 saturated carbocycles. The minimum atomic E-state index is -1.97. The van der Waals surface area contributed by atoms with Gasteiger partial charge in [0.2, 0.25) is 0 Å². The predicted molar refractivity (Wildman–Crippen MR) is 63.3 cm³/mol. The highest BCUT2D eigenvalue weighted by atomic mass is 16.4. The number of hydrogen-bond acceptors (Lipinski definition) is 4. The Kier molecular flexibility index (Phi) is 2.74. The van der Waals surface area contributed by atoms with Gasteiger partial charge in [-0.3, -0.25) is 4.57 Å². The Morgan fingerprint density at radius 2 is 2.17 bits per heavy atom. The first kappa shape index (κ1) is 12.4. The number of carbonyl (C=O) groups is 1. The van der Waals surface area contributed by atoms with E-state index in [1.165, 1.54) is 16.7 Å². The van der Waals surface area contributed by atoms with E-state index in [0.717, 1.165) is 0 Å². The SMILES string of the molecule is CCC(O)(C(=O)O)c1ccc2c(c1)oc(=O)n2C. The van der Waals surface area contributed by atoms with Gasteiger partial charge in [0.1, 0.15) is 0 Å². The molecule has 0 aliphatic carbocycles. The number of oxazole rings is 1. The van der Waals surface area contributed by atoms with Crippen molar-refractivity contribution in [3.63, 3.8) is 0 Å². The first-order valence-electron chi connectivity index (χ1n) is 5.46. The molecule has 0 aliphatic heterocycles. The zero-order valence-corrected chi connectivity index (χ0v) is 10.0. The van der Waals surface area contributed by atoms with Crippen molar-refractivity contribution in [1.29, 1.82) is 0 Å². The van der Waals surface area contributed by atoms with Gasteiger partial charge in [0.15, 0.2) is 11.2 Å². The minimum absolute atomic E-state index is 0.0188. The molecule has 0 aliphatic rings. The number of aromatic nitrogens is 1. The minimum Gasteiger partial charge on any atom is -0.479 e. The number of aliphatic carboxylic acids is 1. The summed E-state index contributed by atoms with van der Waals surface area (Å²) in [5, 5.41) is 19.1. The zero-order chi connectivity index (χ0) is 13.5. The summed E-state index contributed by atoms with van der Waals surface area (Å²) in [7, 11) is 1.55. The van der Waals surface area contributed by atoms with Crippen molar-refractivity contribution >= 4 is 17.1 Å². The second-order valence-electron chi connectivity index (χ2n) is 4.13. The molecule has 1 atom stereocenters. The molecule has 96 valence electrons. The standard InChI is InChI=1S/C12H13NO5/c1-3-12(17,10(14)15)7-4-5-8-9(6-7)18-11(16)13(8)2/h4-6,17H,3H2,1-2H3,(H,14,15). The molecule has 0 spiro atoms. The maximum absolute atomic E-state index is 11.3. The molecule has 6 heteroatoms. The number of fused-ring (bicyclic) bond motifs is 1. The topological polar surface area (TPSA) is 92.7 Å². The van der Waals surface area contributed by atoms with Crippen LogP contribution in [-0.2, 0) is 17.4 Å². The summed E-state index contributed by atoms with van der Waals surface area (Å²) in [4.78, 5) is 22.4. The van der Waals surface area contributed by atoms with Crippen LogP contribution < -0.4 is 5.76 Å². The molecule has 0 radical (unpaired) electrons. The fourth-order valence-corrected chi connectivity index (χ4v) is 1.87. The lowest BCUT2D eigenvalue weighted by Crippen LogP contribution is -2.34. The number of hydrogen-bond donors (Lipinski definition) is 2. The van der Waals surface area contributed by atoms with Gasteiger partial charge in [-0.2, -0.15) is 0 Å². The van der Waals surface area contributed by atoms with Gasteiger partial charge in [0.05, 0.1) is 5.52 Å². The van der Waals surface area contributed by atoms with Crippen LogP contribution in [0.3, 0.4) is 0 Å². The summed E-state index contributed by atoms with van der Waals surface area (Å²) in [6.45, 7) is 1.57. The molecule has 2 rings (SSSR count). The van der Waals surface area contributed by atoms with Crippen LogP contribution >= 0.6 is 0 Å². The van der Waals surface area contributed by atoms with Gasteiger partial charge in [0, 0.05) is 7.05 Å². The summed E-state index contributed by atoms with van der Waals surface area (Å²) >= 11 is 0.